The number of hydrogen-bond donors (Lipinski definition) is 3. The fourth-order valence-corrected chi connectivity index (χ4v) is 4.29. The first-order valence-corrected chi connectivity index (χ1v) is 8.95. The Kier molecular flexibility index (Phi) is 4.90. The maximum atomic E-state index is 12.5. The van der Waals surface area contributed by atoms with Gasteiger partial charge >= 0.3 is 0 Å². The van der Waals surface area contributed by atoms with E-state index in [2.05, 4.69) is 25.8 Å². The molecule has 1 aliphatic carbocycles. The minimum atomic E-state index is -3.73. The number of benzene rings is 1. The average Bonchev–Trinajstić information content (AvgIpc) is 2.47. The van der Waals surface area contributed by atoms with Crippen molar-refractivity contribution >= 4 is 31.8 Å². The Bertz CT molecular complexity index is 623. The van der Waals surface area contributed by atoms with Gasteiger partial charge in [-0.3, -0.25) is 0 Å². The van der Waals surface area contributed by atoms with E-state index >= 15 is 0 Å². The molecule has 0 aliphatic heterocycles. The Hall–Kier alpha value is -1.12. The van der Waals surface area contributed by atoms with Gasteiger partial charge in [-0.05, 0) is 37.1 Å². The zero-order chi connectivity index (χ0) is 15.5. The second kappa shape index (κ2) is 6.33. The summed E-state index contributed by atoms with van der Waals surface area (Å²) < 4.78 is 28.5. The summed E-state index contributed by atoms with van der Waals surface area (Å²) in [5.41, 5.74) is 4.76. The lowest BCUT2D eigenvalue weighted by molar-refractivity contribution is 0.294. The van der Waals surface area contributed by atoms with Crippen molar-refractivity contribution in [3.05, 3.63) is 28.7 Å². The van der Waals surface area contributed by atoms with Crippen LogP contribution < -0.4 is 10.5 Å². The van der Waals surface area contributed by atoms with E-state index < -0.39 is 15.6 Å². The van der Waals surface area contributed by atoms with Crippen LogP contribution in [0.5, 0.6) is 0 Å². The number of nitrogens with one attached hydrogen (secondary N) is 1. The van der Waals surface area contributed by atoms with Gasteiger partial charge in [0.15, 0.2) is 5.84 Å². The van der Waals surface area contributed by atoms with Crippen LogP contribution in [0.15, 0.2) is 38.8 Å². The Morgan fingerprint density at radius 1 is 1.24 bits per heavy atom. The van der Waals surface area contributed by atoms with Crippen LogP contribution in [0.25, 0.3) is 0 Å². The van der Waals surface area contributed by atoms with Crippen molar-refractivity contribution in [3.63, 3.8) is 0 Å². The third-order valence-corrected chi connectivity index (χ3v) is 5.84. The van der Waals surface area contributed by atoms with E-state index in [1.54, 1.807) is 12.1 Å². The highest BCUT2D eigenvalue weighted by Gasteiger charge is 2.40. The molecule has 0 saturated heterocycles. The molecule has 1 fully saturated rings. The van der Waals surface area contributed by atoms with Gasteiger partial charge in [-0.15, -0.1) is 0 Å². The Balaban J connectivity index is 2.33. The maximum absolute atomic E-state index is 12.5. The quantitative estimate of drug-likeness (QED) is 0.324. The molecule has 0 bridgehead atoms. The van der Waals surface area contributed by atoms with Crippen molar-refractivity contribution < 1.29 is 13.6 Å². The van der Waals surface area contributed by atoms with Crippen molar-refractivity contribution in [2.24, 2.45) is 10.9 Å². The fourth-order valence-electron chi connectivity index (χ4n) is 2.59. The highest BCUT2D eigenvalue weighted by Crippen LogP contribution is 2.30. The molecule has 0 unspecified atom stereocenters. The molecule has 4 N–H and O–H groups in total. The van der Waals surface area contributed by atoms with E-state index in [4.69, 9.17) is 10.9 Å². The molecule has 0 spiro atoms. The zero-order valence-corrected chi connectivity index (χ0v) is 13.8. The van der Waals surface area contributed by atoms with Crippen LogP contribution in [0, 0.1) is 0 Å². The molecule has 6 nitrogen and oxygen atoms in total. The van der Waals surface area contributed by atoms with Crippen LogP contribution in [0.1, 0.15) is 32.1 Å². The predicted octanol–water partition coefficient (Wildman–Crippen LogP) is 2.18. The van der Waals surface area contributed by atoms with Gasteiger partial charge in [0.1, 0.15) is 0 Å². The molecule has 21 heavy (non-hydrogen) atoms. The number of hydrogen-bond acceptors (Lipinski definition) is 4. The summed E-state index contributed by atoms with van der Waals surface area (Å²) in [5, 5.41) is 12.0. The number of oxime groups is 1. The number of nitrogens with zero attached hydrogens (tertiary/aromatic N) is 1. The van der Waals surface area contributed by atoms with E-state index in [0.29, 0.717) is 12.8 Å². The molecular weight excluding hydrogens is 358 g/mol. The predicted molar refractivity (Wildman–Crippen MR) is 83.7 cm³/mol. The van der Waals surface area contributed by atoms with E-state index in [9.17, 15) is 8.42 Å². The lowest BCUT2D eigenvalue weighted by Gasteiger charge is -2.36. The Labute approximate surface area is 132 Å². The number of rotatable bonds is 4. The molecule has 116 valence electrons. The minimum absolute atomic E-state index is 0.0807. The lowest BCUT2D eigenvalue weighted by atomic mass is 9.82. The molecule has 0 radical (unpaired) electrons. The van der Waals surface area contributed by atoms with Gasteiger partial charge in [0, 0.05) is 4.47 Å². The van der Waals surface area contributed by atoms with Gasteiger partial charge in [0.2, 0.25) is 10.0 Å². The molecule has 0 atom stereocenters. The Morgan fingerprint density at radius 2 is 1.81 bits per heavy atom. The van der Waals surface area contributed by atoms with Gasteiger partial charge < -0.3 is 10.9 Å². The highest BCUT2D eigenvalue weighted by molar-refractivity contribution is 9.10. The molecule has 1 aromatic carbocycles. The van der Waals surface area contributed by atoms with Crippen molar-refractivity contribution in [2.45, 2.75) is 42.5 Å². The second-order valence-electron chi connectivity index (χ2n) is 5.19. The van der Waals surface area contributed by atoms with Crippen molar-refractivity contribution in [2.75, 3.05) is 0 Å². The summed E-state index contributed by atoms with van der Waals surface area (Å²) >= 11 is 3.27. The van der Waals surface area contributed by atoms with Crippen LogP contribution in [0.2, 0.25) is 0 Å². The highest BCUT2D eigenvalue weighted by atomic mass is 79.9. The van der Waals surface area contributed by atoms with Gasteiger partial charge in [-0.2, -0.15) is 4.72 Å². The second-order valence-corrected chi connectivity index (χ2v) is 7.79. The summed E-state index contributed by atoms with van der Waals surface area (Å²) in [4.78, 5) is 0.154. The molecular formula is C13H18BrN3O3S. The number of halogens is 1. The maximum Gasteiger partial charge on any atom is 0.241 e. The molecule has 0 aromatic heterocycles. The zero-order valence-electron chi connectivity index (χ0n) is 11.4. The molecule has 0 amide bonds. The lowest BCUT2D eigenvalue weighted by Crippen LogP contribution is -2.58. The van der Waals surface area contributed by atoms with E-state index in [1.807, 2.05) is 0 Å². The number of sulfonamides is 1. The van der Waals surface area contributed by atoms with Crippen LogP contribution in [0.3, 0.4) is 0 Å². The topological polar surface area (TPSA) is 105 Å². The molecule has 2 rings (SSSR count). The third-order valence-electron chi connectivity index (χ3n) is 3.76. The minimum Gasteiger partial charge on any atom is -0.409 e. The van der Waals surface area contributed by atoms with Crippen LogP contribution >= 0.6 is 15.9 Å². The summed E-state index contributed by atoms with van der Waals surface area (Å²) in [6.07, 6.45) is 3.73. The standard InChI is InChI=1S/C13H18BrN3O3S/c14-10-4-6-11(7-5-10)21(19,20)17-13(12(15)16-18)8-2-1-3-9-13/h4-7,17-18H,1-3,8-9H2,(H2,15,16). The molecule has 8 heteroatoms. The van der Waals surface area contributed by atoms with Gasteiger partial charge in [0.25, 0.3) is 0 Å². The summed E-state index contributed by atoms with van der Waals surface area (Å²) in [6, 6.07) is 6.33. The summed E-state index contributed by atoms with van der Waals surface area (Å²) in [7, 11) is -3.73. The van der Waals surface area contributed by atoms with Crippen LogP contribution in [-0.4, -0.2) is 25.0 Å². The fraction of sp³-hybridized carbons (Fsp3) is 0.462. The first kappa shape index (κ1) is 16.3. The van der Waals surface area contributed by atoms with E-state index in [-0.39, 0.29) is 10.7 Å². The molecule has 0 heterocycles. The van der Waals surface area contributed by atoms with Gasteiger partial charge in [0.05, 0.1) is 10.4 Å². The smallest absolute Gasteiger partial charge is 0.241 e. The van der Waals surface area contributed by atoms with Gasteiger partial charge in [-0.1, -0.05) is 40.3 Å². The van der Waals surface area contributed by atoms with Crippen molar-refractivity contribution in [1.82, 2.24) is 4.72 Å². The molecule has 1 aliphatic rings. The summed E-state index contributed by atoms with van der Waals surface area (Å²) in [6.45, 7) is 0. The van der Waals surface area contributed by atoms with Gasteiger partial charge in [-0.25, -0.2) is 8.42 Å². The first-order chi connectivity index (χ1) is 9.89. The van der Waals surface area contributed by atoms with Crippen LogP contribution in [0.4, 0.5) is 0 Å². The van der Waals surface area contributed by atoms with Crippen molar-refractivity contribution in [1.29, 1.82) is 0 Å². The Morgan fingerprint density at radius 3 is 2.33 bits per heavy atom. The molecule has 1 saturated carbocycles. The summed E-state index contributed by atoms with van der Waals surface area (Å²) in [5.74, 6) is -0.0807. The number of nitrogens with two attached hydrogens (primary N) is 1. The molecule has 1 aromatic rings. The van der Waals surface area contributed by atoms with Crippen molar-refractivity contribution in [3.8, 4) is 0 Å². The third kappa shape index (κ3) is 3.56. The van der Waals surface area contributed by atoms with E-state index in [0.717, 1.165) is 23.7 Å². The largest absolute Gasteiger partial charge is 0.409 e. The average molecular weight is 376 g/mol. The number of amidine groups is 1. The monoisotopic (exact) mass is 375 g/mol. The first-order valence-electron chi connectivity index (χ1n) is 6.67. The van der Waals surface area contributed by atoms with E-state index in [1.165, 1.54) is 12.1 Å². The van der Waals surface area contributed by atoms with Crippen LogP contribution in [-0.2, 0) is 10.0 Å². The SMILES string of the molecule is N/C(=N/O)C1(NS(=O)(=O)c2ccc(Br)cc2)CCCCC1. The normalized spacial score (nSPS) is 19.4.